The fourth-order valence-corrected chi connectivity index (χ4v) is 2.38. The summed E-state index contributed by atoms with van der Waals surface area (Å²) in [6.45, 7) is 0.519. The van der Waals surface area contributed by atoms with Gasteiger partial charge in [-0.15, -0.1) is 0 Å². The molecule has 0 bridgehead atoms. The van der Waals surface area contributed by atoms with Crippen molar-refractivity contribution in [3.8, 4) is 16.9 Å². The summed E-state index contributed by atoms with van der Waals surface area (Å²) in [7, 11) is 0. The average molecular weight is 295 g/mol. The Morgan fingerprint density at radius 2 is 1.43 bits per heavy atom. The van der Waals surface area contributed by atoms with Crippen LogP contribution < -0.4 is 4.74 Å². The van der Waals surface area contributed by atoms with E-state index in [1.165, 1.54) is 11.1 Å². The minimum atomic E-state index is 0.519. The summed E-state index contributed by atoms with van der Waals surface area (Å²) in [5, 5.41) is 0.732. The molecule has 0 saturated carbocycles. The first kappa shape index (κ1) is 13.7. The van der Waals surface area contributed by atoms with Crippen molar-refractivity contribution in [2.24, 2.45) is 0 Å². The molecule has 0 aliphatic carbocycles. The Labute approximate surface area is 129 Å². The van der Waals surface area contributed by atoms with Gasteiger partial charge in [-0.3, -0.25) is 0 Å². The Morgan fingerprint density at radius 3 is 2.14 bits per heavy atom. The van der Waals surface area contributed by atoms with Gasteiger partial charge in [-0.1, -0.05) is 66.2 Å². The lowest BCUT2D eigenvalue weighted by Gasteiger charge is -2.08. The van der Waals surface area contributed by atoms with Crippen molar-refractivity contribution in [3.05, 3.63) is 89.4 Å². The zero-order chi connectivity index (χ0) is 14.5. The first-order valence-electron chi connectivity index (χ1n) is 6.84. The van der Waals surface area contributed by atoms with E-state index in [0.717, 1.165) is 16.3 Å². The zero-order valence-corrected chi connectivity index (χ0v) is 12.3. The minimum absolute atomic E-state index is 0.519. The van der Waals surface area contributed by atoms with E-state index in [0.29, 0.717) is 6.61 Å². The summed E-state index contributed by atoms with van der Waals surface area (Å²) in [6.07, 6.45) is 0. The Balaban J connectivity index is 1.68. The SMILES string of the molecule is Clc1cccc(COc2ccc(-c3ccccc3)cc2)c1. The van der Waals surface area contributed by atoms with Crippen LogP contribution in [0.4, 0.5) is 0 Å². The van der Waals surface area contributed by atoms with Crippen LogP contribution in [0.5, 0.6) is 5.75 Å². The van der Waals surface area contributed by atoms with Crippen molar-refractivity contribution < 1.29 is 4.74 Å². The molecule has 0 aromatic heterocycles. The van der Waals surface area contributed by atoms with Crippen LogP contribution in [0.15, 0.2) is 78.9 Å². The molecule has 0 fully saturated rings. The topological polar surface area (TPSA) is 9.23 Å². The molecule has 0 unspecified atom stereocenters. The van der Waals surface area contributed by atoms with Crippen molar-refractivity contribution in [2.45, 2.75) is 6.61 Å². The second-order valence-electron chi connectivity index (χ2n) is 4.81. The van der Waals surface area contributed by atoms with Crippen LogP contribution in [0, 0.1) is 0 Å². The van der Waals surface area contributed by atoms with E-state index in [9.17, 15) is 0 Å². The second kappa shape index (κ2) is 6.47. The quantitative estimate of drug-likeness (QED) is 0.610. The van der Waals surface area contributed by atoms with Gasteiger partial charge >= 0.3 is 0 Å². The lowest BCUT2D eigenvalue weighted by Crippen LogP contribution is -1.95. The van der Waals surface area contributed by atoms with Crippen LogP contribution in [0.1, 0.15) is 5.56 Å². The molecule has 0 aliphatic rings. The lowest BCUT2D eigenvalue weighted by molar-refractivity contribution is 0.306. The maximum absolute atomic E-state index is 5.96. The highest BCUT2D eigenvalue weighted by atomic mass is 35.5. The van der Waals surface area contributed by atoms with Crippen LogP contribution in [-0.2, 0) is 6.61 Å². The van der Waals surface area contributed by atoms with E-state index in [1.807, 2.05) is 54.6 Å². The second-order valence-corrected chi connectivity index (χ2v) is 5.25. The maximum atomic E-state index is 5.96. The van der Waals surface area contributed by atoms with E-state index < -0.39 is 0 Å². The first-order chi connectivity index (χ1) is 10.3. The molecule has 0 amide bonds. The Bertz CT molecular complexity index is 705. The highest BCUT2D eigenvalue weighted by Crippen LogP contribution is 2.22. The average Bonchev–Trinajstić information content (AvgIpc) is 2.54. The molecule has 1 nitrogen and oxygen atoms in total. The highest BCUT2D eigenvalue weighted by molar-refractivity contribution is 6.30. The normalized spacial score (nSPS) is 10.3. The van der Waals surface area contributed by atoms with Gasteiger partial charge in [0.1, 0.15) is 12.4 Å². The molecule has 0 spiro atoms. The van der Waals surface area contributed by atoms with Crippen molar-refractivity contribution >= 4 is 11.6 Å². The van der Waals surface area contributed by atoms with E-state index in [4.69, 9.17) is 16.3 Å². The van der Waals surface area contributed by atoms with Gasteiger partial charge < -0.3 is 4.74 Å². The Hall–Kier alpha value is -2.25. The van der Waals surface area contributed by atoms with Crippen LogP contribution in [0.3, 0.4) is 0 Å². The number of hydrogen-bond acceptors (Lipinski definition) is 1. The van der Waals surface area contributed by atoms with Crippen molar-refractivity contribution in [1.82, 2.24) is 0 Å². The molecule has 0 radical (unpaired) electrons. The van der Waals surface area contributed by atoms with Gasteiger partial charge in [-0.2, -0.15) is 0 Å². The molecule has 104 valence electrons. The predicted octanol–water partition coefficient (Wildman–Crippen LogP) is 5.59. The van der Waals surface area contributed by atoms with Gasteiger partial charge in [0.05, 0.1) is 0 Å². The molecule has 0 saturated heterocycles. The maximum Gasteiger partial charge on any atom is 0.119 e. The van der Waals surface area contributed by atoms with E-state index >= 15 is 0 Å². The molecule has 0 heterocycles. The fraction of sp³-hybridized carbons (Fsp3) is 0.0526. The Kier molecular flexibility index (Phi) is 4.23. The molecular formula is C19H15ClO. The molecule has 0 atom stereocenters. The van der Waals surface area contributed by atoms with Crippen molar-refractivity contribution in [2.75, 3.05) is 0 Å². The smallest absolute Gasteiger partial charge is 0.119 e. The van der Waals surface area contributed by atoms with Crippen molar-refractivity contribution in [1.29, 1.82) is 0 Å². The lowest BCUT2D eigenvalue weighted by atomic mass is 10.1. The van der Waals surface area contributed by atoms with Crippen LogP contribution >= 0.6 is 11.6 Å². The molecule has 2 heteroatoms. The molecule has 3 rings (SSSR count). The summed E-state index contributed by atoms with van der Waals surface area (Å²) in [4.78, 5) is 0. The van der Waals surface area contributed by atoms with Crippen molar-refractivity contribution in [3.63, 3.8) is 0 Å². The number of benzene rings is 3. The van der Waals surface area contributed by atoms with E-state index in [1.54, 1.807) is 0 Å². The number of halogens is 1. The largest absolute Gasteiger partial charge is 0.489 e. The summed E-state index contributed by atoms with van der Waals surface area (Å²) >= 11 is 5.96. The molecule has 21 heavy (non-hydrogen) atoms. The van der Waals surface area contributed by atoms with Gasteiger partial charge in [-0.25, -0.2) is 0 Å². The highest BCUT2D eigenvalue weighted by Gasteiger charge is 1.99. The standard InChI is InChI=1S/C19H15ClO/c20-18-8-4-5-15(13-18)14-21-19-11-9-17(10-12-19)16-6-2-1-3-7-16/h1-13H,14H2. The van der Waals surface area contributed by atoms with Gasteiger partial charge in [0.15, 0.2) is 0 Å². The first-order valence-corrected chi connectivity index (χ1v) is 7.22. The van der Waals surface area contributed by atoms with Crippen LogP contribution in [0.2, 0.25) is 5.02 Å². The van der Waals surface area contributed by atoms with Gasteiger partial charge in [0, 0.05) is 5.02 Å². The summed E-state index contributed by atoms with van der Waals surface area (Å²) in [6, 6.07) is 26.1. The summed E-state index contributed by atoms with van der Waals surface area (Å²) in [5.41, 5.74) is 3.46. The third-order valence-electron chi connectivity index (χ3n) is 3.26. The number of hydrogen-bond donors (Lipinski definition) is 0. The fourth-order valence-electron chi connectivity index (χ4n) is 2.17. The van der Waals surface area contributed by atoms with Crippen LogP contribution in [-0.4, -0.2) is 0 Å². The molecule has 0 aliphatic heterocycles. The number of ether oxygens (including phenoxy) is 1. The van der Waals surface area contributed by atoms with Gasteiger partial charge in [-0.05, 0) is 41.0 Å². The van der Waals surface area contributed by atoms with Crippen LogP contribution in [0.25, 0.3) is 11.1 Å². The Morgan fingerprint density at radius 1 is 0.714 bits per heavy atom. The molecule has 3 aromatic carbocycles. The predicted molar refractivity (Wildman–Crippen MR) is 87.7 cm³/mol. The zero-order valence-electron chi connectivity index (χ0n) is 11.5. The van der Waals surface area contributed by atoms with Gasteiger partial charge in [0.25, 0.3) is 0 Å². The monoisotopic (exact) mass is 294 g/mol. The van der Waals surface area contributed by atoms with E-state index in [-0.39, 0.29) is 0 Å². The minimum Gasteiger partial charge on any atom is -0.489 e. The number of rotatable bonds is 4. The summed E-state index contributed by atoms with van der Waals surface area (Å²) < 4.78 is 5.78. The third-order valence-corrected chi connectivity index (χ3v) is 3.49. The molecular weight excluding hydrogens is 280 g/mol. The third kappa shape index (κ3) is 3.65. The van der Waals surface area contributed by atoms with E-state index in [2.05, 4.69) is 24.3 Å². The molecule has 0 N–H and O–H groups in total. The summed E-state index contributed by atoms with van der Waals surface area (Å²) in [5.74, 6) is 0.856. The van der Waals surface area contributed by atoms with Gasteiger partial charge in [0.2, 0.25) is 0 Å². The molecule has 3 aromatic rings.